The molecule has 0 aliphatic rings. The summed E-state index contributed by atoms with van der Waals surface area (Å²) in [5.74, 6) is -0.730. The summed E-state index contributed by atoms with van der Waals surface area (Å²) in [7, 11) is 0. The Kier molecular flexibility index (Phi) is 18.9. The first kappa shape index (κ1) is 30.0. The molecule has 0 saturated carbocycles. The molecule has 1 aromatic rings. The van der Waals surface area contributed by atoms with Gasteiger partial charge in [-0.25, -0.2) is 14.5 Å². The van der Waals surface area contributed by atoms with E-state index in [2.05, 4.69) is 28.7 Å². The van der Waals surface area contributed by atoms with Crippen LogP contribution in [0.1, 0.15) is 133 Å². The van der Waals surface area contributed by atoms with Gasteiger partial charge in [-0.15, -0.1) is 0 Å². The number of ether oxygens (including phenoxy) is 1. The maximum Gasteiger partial charge on any atom is 0.543 e. The van der Waals surface area contributed by atoms with E-state index in [1.54, 1.807) is 12.1 Å². The minimum Gasteiger partial charge on any atom is -0.432 e. The van der Waals surface area contributed by atoms with Crippen LogP contribution < -0.4 is 0 Å². The molecule has 0 spiro atoms. The van der Waals surface area contributed by atoms with E-state index in [-0.39, 0.29) is 6.61 Å². The van der Waals surface area contributed by atoms with Crippen LogP contribution in [0.5, 0.6) is 0 Å². The Morgan fingerprint density at radius 3 is 1.68 bits per heavy atom. The summed E-state index contributed by atoms with van der Waals surface area (Å²) in [6, 6.07) is 7.14. The zero-order chi connectivity index (χ0) is 24.7. The molecule has 0 unspecified atom stereocenters. The van der Waals surface area contributed by atoms with Crippen LogP contribution >= 0.6 is 0 Å². The Balaban J connectivity index is 1.96. The summed E-state index contributed by atoms with van der Waals surface area (Å²) in [6.07, 6.45) is 19.6. The van der Waals surface area contributed by atoms with Gasteiger partial charge in [0.1, 0.15) is 0 Å². The first-order valence-corrected chi connectivity index (χ1v) is 13.5. The first-order chi connectivity index (χ1) is 16.7. The molecule has 0 aliphatic carbocycles. The van der Waals surface area contributed by atoms with E-state index in [4.69, 9.17) is 4.74 Å². The fraction of sp³-hybridized carbons (Fsp3) is 0.714. The molecule has 0 aliphatic heterocycles. The lowest BCUT2D eigenvalue weighted by molar-refractivity contribution is -0.452. The topological polar surface area (TPSA) is 71.1 Å². The van der Waals surface area contributed by atoms with Gasteiger partial charge in [-0.2, -0.15) is 0 Å². The van der Waals surface area contributed by atoms with Crippen molar-refractivity contribution in [2.45, 2.75) is 123 Å². The monoisotopic (exact) mass is 478 g/mol. The van der Waals surface area contributed by atoms with Gasteiger partial charge >= 0.3 is 12.1 Å². The SMILES string of the molecule is CCCCCCCCCCCCCCOC(=O)OOOC(=O)c1ccc(CCCCCC)cc1. The van der Waals surface area contributed by atoms with E-state index >= 15 is 0 Å². The predicted octanol–water partition coefficient (Wildman–Crippen LogP) is 8.67. The summed E-state index contributed by atoms with van der Waals surface area (Å²) < 4.78 is 4.91. The highest BCUT2D eigenvalue weighted by atomic mass is 17.5. The number of aryl methyl sites for hydroxylation is 1. The quantitative estimate of drug-likeness (QED) is 0.0761. The molecule has 0 N–H and O–H groups in total. The summed E-state index contributed by atoms with van der Waals surface area (Å²) in [5, 5.41) is 4.27. The molecule has 0 bridgehead atoms. The van der Waals surface area contributed by atoms with Crippen molar-refractivity contribution in [3.05, 3.63) is 35.4 Å². The number of benzene rings is 1. The molecule has 0 amide bonds. The zero-order valence-corrected chi connectivity index (χ0v) is 21.5. The van der Waals surface area contributed by atoms with Gasteiger partial charge in [-0.3, -0.25) is 4.89 Å². The Bertz CT molecular complexity index is 628. The fourth-order valence-corrected chi connectivity index (χ4v) is 3.81. The lowest BCUT2D eigenvalue weighted by Crippen LogP contribution is -2.12. The maximum atomic E-state index is 11.9. The molecular formula is C28H46O6. The molecule has 0 saturated heterocycles. The number of rotatable bonds is 21. The van der Waals surface area contributed by atoms with E-state index in [0.717, 1.165) is 32.1 Å². The van der Waals surface area contributed by atoms with Crippen molar-refractivity contribution in [2.24, 2.45) is 0 Å². The minimum atomic E-state index is -1.02. The molecule has 1 rings (SSSR count). The number of carbonyl (C=O) groups excluding carboxylic acids is 2. The molecular weight excluding hydrogens is 432 g/mol. The molecule has 6 nitrogen and oxygen atoms in total. The third-order valence-corrected chi connectivity index (χ3v) is 5.94. The lowest BCUT2D eigenvalue weighted by Gasteiger charge is -2.05. The van der Waals surface area contributed by atoms with Crippen LogP contribution in [-0.2, 0) is 26.0 Å². The van der Waals surface area contributed by atoms with E-state index in [0.29, 0.717) is 5.56 Å². The average molecular weight is 479 g/mol. The maximum absolute atomic E-state index is 11.9. The highest BCUT2D eigenvalue weighted by Gasteiger charge is 2.12. The Morgan fingerprint density at radius 2 is 1.12 bits per heavy atom. The number of unbranched alkanes of at least 4 members (excludes halogenated alkanes) is 14. The Labute approximate surface area is 206 Å². The van der Waals surface area contributed by atoms with Crippen molar-refractivity contribution >= 4 is 12.1 Å². The van der Waals surface area contributed by atoms with E-state index in [1.165, 1.54) is 82.6 Å². The number of hydrogen-bond donors (Lipinski definition) is 0. The van der Waals surface area contributed by atoms with Gasteiger partial charge in [0.05, 0.1) is 17.2 Å². The summed E-state index contributed by atoms with van der Waals surface area (Å²) in [5.41, 5.74) is 1.50. The molecule has 6 heteroatoms. The van der Waals surface area contributed by atoms with E-state index < -0.39 is 12.1 Å². The lowest BCUT2D eigenvalue weighted by atomic mass is 10.0. The summed E-state index contributed by atoms with van der Waals surface area (Å²) >= 11 is 0. The smallest absolute Gasteiger partial charge is 0.432 e. The van der Waals surface area contributed by atoms with Crippen LogP contribution in [0.15, 0.2) is 24.3 Å². The van der Waals surface area contributed by atoms with E-state index in [9.17, 15) is 9.59 Å². The second-order valence-corrected chi connectivity index (χ2v) is 9.02. The van der Waals surface area contributed by atoms with Crippen LogP contribution in [0.3, 0.4) is 0 Å². The first-order valence-electron chi connectivity index (χ1n) is 13.5. The number of carbonyl (C=O) groups is 2. The van der Waals surface area contributed by atoms with Gasteiger partial charge in [0.25, 0.3) is 0 Å². The van der Waals surface area contributed by atoms with Crippen molar-refractivity contribution < 1.29 is 29.1 Å². The van der Waals surface area contributed by atoms with Crippen molar-refractivity contribution in [2.75, 3.05) is 6.61 Å². The molecule has 0 radical (unpaired) electrons. The molecule has 1 aromatic carbocycles. The second kappa shape index (κ2) is 21.5. The largest absolute Gasteiger partial charge is 0.543 e. The van der Waals surface area contributed by atoms with Crippen molar-refractivity contribution in [3.63, 3.8) is 0 Å². The van der Waals surface area contributed by atoms with Gasteiger partial charge in [-0.05, 0) is 37.0 Å². The van der Waals surface area contributed by atoms with Gasteiger partial charge in [0.2, 0.25) is 0 Å². The standard InChI is InChI=1S/C28H46O6/c1-3-5-7-9-10-11-12-13-14-15-16-18-24-31-28(30)33-34-32-27(29)26-22-20-25(21-23-26)19-17-8-6-4-2/h20-23H,3-19,24H2,1-2H3. The third-order valence-electron chi connectivity index (χ3n) is 5.94. The summed E-state index contributed by atoms with van der Waals surface area (Å²) in [6.45, 7) is 4.69. The van der Waals surface area contributed by atoms with Crippen LogP contribution in [0.25, 0.3) is 0 Å². The van der Waals surface area contributed by atoms with Crippen LogP contribution in [0.4, 0.5) is 4.79 Å². The zero-order valence-electron chi connectivity index (χ0n) is 21.5. The Hall–Kier alpha value is -2.08. The van der Waals surface area contributed by atoms with Crippen molar-refractivity contribution in [1.82, 2.24) is 0 Å². The van der Waals surface area contributed by atoms with Crippen molar-refractivity contribution in [1.29, 1.82) is 0 Å². The molecule has 0 fully saturated rings. The van der Waals surface area contributed by atoms with Crippen LogP contribution in [0, 0.1) is 0 Å². The predicted molar refractivity (Wildman–Crippen MR) is 134 cm³/mol. The molecule has 0 atom stereocenters. The average Bonchev–Trinajstić information content (AvgIpc) is 2.85. The van der Waals surface area contributed by atoms with Crippen molar-refractivity contribution in [3.8, 4) is 0 Å². The Morgan fingerprint density at radius 1 is 0.618 bits per heavy atom. The number of hydrogen-bond acceptors (Lipinski definition) is 6. The molecule has 0 aromatic heterocycles. The third kappa shape index (κ3) is 16.5. The fourth-order valence-electron chi connectivity index (χ4n) is 3.81. The highest BCUT2D eigenvalue weighted by molar-refractivity contribution is 5.88. The van der Waals surface area contributed by atoms with Crippen LogP contribution in [0.2, 0.25) is 0 Å². The molecule has 194 valence electrons. The van der Waals surface area contributed by atoms with Gasteiger partial charge in [0.15, 0.2) is 0 Å². The summed E-state index contributed by atoms with van der Waals surface area (Å²) in [4.78, 5) is 32.3. The highest BCUT2D eigenvalue weighted by Crippen LogP contribution is 2.13. The van der Waals surface area contributed by atoms with Crippen LogP contribution in [-0.4, -0.2) is 18.7 Å². The van der Waals surface area contributed by atoms with Gasteiger partial charge in [0, 0.05) is 0 Å². The molecule has 34 heavy (non-hydrogen) atoms. The normalized spacial score (nSPS) is 10.8. The van der Waals surface area contributed by atoms with Gasteiger partial charge in [-0.1, -0.05) is 116 Å². The second-order valence-electron chi connectivity index (χ2n) is 9.02. The van der Waals surface area contributed by atoms with Gasteiger partial charge < -0.3 is 4.74 Å². The minimum absolute atomic E-state index is 0.257. The van der Waals surface area contributed by atoms with E-state index in [1.807, 2.05) is 12.1 Å². The molecule has 0 heterocycles.